The van der Waals surface area contributed by atoms with Crippen molar-refractivity contribution in [3.63, 3.8) is 0 Å². The zero-order valence-corrected chi connectivity index (χ0v) is 16.4. The third-order valence-corrected chi connectivity index (χ3v) is 4.75. The first kappa shape index (κ1) is 18.8. The summed E-state index contributed by atoms with van der Waals surface area (Å²) >= 11 is 1.26. The van der Waals surface area contributed by atoms with E-state index in [1.807, 2.05) is 31.2 Å². The quantitative estimate of drug-likeness (QED) is 0.481. The molecular formula is C20H18N6O2S. The maximum Gasteiger partial charge on any atom is 0.259 e. The molecule has 9 heteroatoms. The third-order valence-electron chi connectivity index (χ3n) is 4.14. The summed E-state index contributed by atoms with van der Waals surface area (Å²) in [6.45, 7) is 2.69. The van der Waals surface area contributed by atoms with Crippen molar-refractivity contribution in [3.05, 3.63) is 71.2 Å². The van der Waals surface area contributed by atoms with Crippen molar-refractivity contribution in [1.82, 2.24) is 20.2 Å². The highest BCUT2D eigenvalue weighted by Crippen LogP contribution is 2.19. The number of hydrogen-bond acceptors (Lipinski definition) is 8. The number of amides is 1. The number of hydrogen-bond donors (Lipinski definition) is 2. The van der Waals surface area contributed by atoms with Crippen LogP contribution in [0.15, 0.2) is 58.8 Å². The van der Waals surface area contributed by atoms with Gasteiger partial charge in [-0.05, 0) is 31.2 Å². The molecule has 0 bridgehead atoms. The van der Waals surface area contributed by atoms with Gasteiger partial charge in [-0.25, -0.2) is 9.97 Å². The van der Waals surface area contributed by atoms with Gasteiger partial charge < -0.3 is 9.73 Å². The van der Waals surface area contributed by atoms with Crippen LogP contribution < -0.4 is 10.6 Å². The average Bonchev–Trinajstić information content (AvgIpc) is 3.41. The van der Waals surface area contributed by atoms with E-state index in [1.165, 1.54) is 23.1 Å². The predicted molar refractivity (Wildman–Crippen MR) is 111 cm³/mol. The molecule has 0 fully saturated rings. The molecule has 0 radical (unpaired) electrons. The van der Waals surface area contributed by atoms with Crippen LogP contribution in [0.1, 0.15) is 21.6 Å². The lowest BCUT2D eigenvalue weighted by molar-refractivity contribution is 0.102. The molecule has 0 atom stereocenters. The van der Waals surface area contributed by atoms with Crippen molar-refractivity contribution in [1.29, 1.82) is 0 Å². The number of nitrogens with zero attached hydrogens (tertiary/aromatic N) is 4. The lowest BCUT2D eigenvalue weighted by Crippen LogP contribution is -2.13. The fourth-order valence-electron chi connectivity index (χ4n) is 2.60. The Kier molecular flexibility index (Phi) is 5.57. The molecule has 29 heavy (non-hydrogen) atoms. The highest BCUT2D eigenvalue weighted by atomic mass is 32.1. The zero-order chi connectivity index (χ0) is 20.1. The number of anilines is 2. The molecule has 3 heterocycles. The van der Waals surface area contributed by atoms with Gasteiger partial charge in [-0.3, -0.25) is 10.1 Å². The summed E-state index contributed by atoms with van der Waals surface area (Å²) in [5.41, 5.74) is 5.02. The summed E-state index contributed by atoms with van der Waals surface area (Å²) in [4.78, 5) is 20.9. The van der Waals surface area contributed by atoms with Crippen LogP contribution in [-0.4, -0.2) is 32.6 Å². The minimum absolute atomic E-state index is 0.271. The fraction of sp³-hybridized carbons (Fsp3) is 0.150. The summed E-state index contributed by atoms with van der Waals surface area (Å²) in [6, 6.07) is 11.5. The molecular weight excluding hydrogens is 388 g/mol. The van der Waals surface area contributed by atoms with Crippen LogP contribution in [0.2, 0.25) is 0 Å². The van der Waals surface area contributed by atoms with Crippen LogP contribution in [0.4, 0.5) is 10.9 Å². The molecule has 1 aromatic carbocycles. The van der Waals surface area contributed by atoms with Crippen LogP contribution in [-0.2, 0) is 6.42 Å². The van der Waals surface area contributed by atoms with Crippen LogP contribution >= 0.6 is 11.3 Å². The van der Waals surface area contributed by atoms with Crippen molar-refractivity contribution in [2.45, 2.75) is 13.3 Å². The SMILES string of the molecule is Cc1ccc(-c2nc(CCNc3ccc(C(=O)Nc4nncs4)cn3)co2)cc1. The lowest BCUT2D eigenvalue weighted by Gasteiger charge is -2.05. The van der Waals surface area contributed by atoms with Gasteiger partial charge in [-0.1, -0.05) is 29.0 Å². The van der Waals surface area contributed by atoms with Crippen LogP contribution in [0.5, 0.6) is 0 Å². The Hall–Kier alpha value is -3.59. The second-order valence-corrected chi connectivity index (χ2v) is 7.15. The van der Waals surface area contributed by atoms with Crippen LogP contribution in [0, 0.1) is 6.92 Å². The van der Waals surface area contributed by atoms with Gasteiger partial charge in [0.2, 0.25) is 11.0 Å². The molecule has 0 aliphatic carbocycles. The molecule has 0 aliphatic heterocycles. The van der Waals surface area contributed by atoms with Gasteiger partial charge in [-0.15, -0.1) is 10.2 Å². The molecule has 146 valence electrons. The Morgan fingerprint density at radius 2 is 2.03 bits per heavy atom. The zero-order valence-electron chi connectivity index (χ0n) is 15.6. The standard InChI is InChI=1S/C20H18N6O2S/c1-13-2-4-14(5-3-13)19-24-16(11-28-19)8-9-21-17-7-6-15(10-22-17)18(27)25-20-26-23-12-29-20/h2-7,10-12H,8-9H2,1H3,(H,21,22)(H,25,26,27). The highest BCUT2D eigenvalue weighted by molar-refractivity contribution is 7.13. The van der Waals surface area contributed by atoms with E-state index in [4.69, 9.17) is 4.42 Å². The van der Waals surface area contributed by atoms with E-state index >= 15 is 0 Å². The maximum atomic E-state index is 12.1. The first-order chi connectivity index (χ1) is 14.2. The number of rotatable bonds is 7. The van der Waals surface area contributed by atoms with E-state index in [0.29, 0.717) is 35.4 Å². The van der Waals surface area contributed by atoms with E-state index < -0.39 is 0 Å². The Balaban J connectivity index is 1.28. The molecule has 0 saturated carbocycles. The summed E-state index contributed by atoms with van der Waals surface area (Å²) in [6.07, 6.45) is 3.88. The Labute approximate surface area is 171 Å². The summed E-state index contributed by atoms with van der Waals surface area (Å²) in [7, 11) is 0. The third kappa shape index (κ3) is 4.82. The van der Waals surface area contributed by atoms with Gasteiger partial charge in [-0.2, -0.15) is 0 Å². The molecule has 0 spiro atoms. The predicted octanol–water partition coefficient (Wildman–Crippen LogP) is 3.80. The summed E-state index contributed by atoms with van der Waals surface area (Å²) < 4.78 is 5.57. The number of carbonyl (C=O) groups is 1. The van der Waals surface area contributed by atoms with Crippen LogP contribution in [0.3, 0.4) is 0 Å². The monoisotopic (exact) mass is 406 g/mol. The molecule has 0 saturated heterocycles. The van der Waals surface area contributed by atoms with E-state index in [2.05, 4.69) is 30.8 Å². The molecule has 2 N–H and O–H groups in total. The second-order valence-electron chi connectivity index (χ2n) is 6.32. The maximum absolute atomic E-state index is 12.1. The number of oxazole rings is 1. The molecule has 3 aromatic heterocycles. The van der Waals surface area contributed by atoms with E-state index in [0.717, 1.165) is 11.3 Å². The normalized spacial score (nSPS) is 10.7. The number of pyridine rings is 1. The van der Waals surface area contributed by atoms with Gasteiger partial charge >= 0.3 is 0 Å². The van der Waals surface area contributed by atoms with Gasteiger partial charge in [0.05, 0.1) is 11.3 Å². The van der Waals surface area contributed by atoms with Gasteiger partial charge in [0.1, 0.15) is 17.6 Å². The Bertz CT molecular complexity index is 1080. The molecule has 0 unspecified atom stereocenters. The van der Waals surface area contributed by atoms with Gasteiger partial charge in [0.15, 0.2) is 0 Å². The molecule has 1 amide bonds. The van der Waals surface area contributed by atoms with Crippen molar-refractivity contribution in [2.75, 3.05) is 17.2 Å². The first-order valence-electron chi connectivity index (χ1n) is 8.96. The first-order valence-corrected chi connectivity index (χ1v) is 9.84. The van der Waals surface area contributed by atoms with E-state index in [-0.39, 0.29) is 5.91 Å². The van der Waals surface area contributed by atoms with E-state index in [9.17, 15) is 4.79 Å². The highest BCUT2D eigenvalue weighted by Gasteiger charge is 2.09. The van der Waals surface area contributed by atoms with Gasteiger partial charge in [0.25, 0.3) is 5.91 Å². The number of benzene rings is 1. The number of aromatic nitrogens is 4. The Morgan fingerprint density at radius 3 is 2.76 bits per heavy atom. The number of nitrogens with one attached hydrogen (secondary N) is 2. The number of aryl methyl sites for hydroxylation is 1. The van der Waals surface area contributed by atoms with E-state index in [1.54, 1.807) is 23.9 Å². The van der Waals surface area contributed by atoms with Crippen LogP contribution in [0.25, 0.3) is 11.5 Å². The topological polar surface area (TPSA) is 106 Å². The largest absolute Gasteiger partial charge is 0.444 e. The molecule has 0 aliphatic rings. The lowest BCUT2D eigenvalue weighted by atomic mass is 10.1. The summed E-state index contributed by atoms with van der Waals surface area (Å²) in [5.74, 6) is 1.02. The molecule has 4 rings (SSSR count). The van der Waals surface area contributed by atoms with Crippen molar-refractivity contribution < 1.29 is 9.21 Å². The fourth-order valence-corrected chi connectivity index (χ4v) is 3.04. The van der Waals surface area contributed by atoms with Crippen molar-refractivity contribution in [2.24, 2.45) is 0 Å². The minimum Gasteiger partial charge on any atom is -0.444 e. The molecule has 8 nitrogen and oxygen atoms in total. The van der Waals surface area contributed by atoms with Crippen molar-refractivity contribution >= 4 is 28.2 Å². The summed E-state index contributed by atoms with van der Waals surface area (Å²) in [5, 5.41) is 13.8. The minimum atomic E-state index is -0.271. The van der Waals surface area contributed by atoms with Gasteiger partial charge in [0, 0.05) is 24.7 Å². The molecule has 4 aromatic rings. The second kappa shape index (κ2) is 8.61. The number of carbonyl (C=O) groups excluding carboxylic acids is 1. The smallest absolute Gasteiger partial charge is 0.259 e. The van der Waals surface area contributed by atoms with Crippen molar-refractivity contribution in [3.8, 4) is 11.5 Å². The average molecular weight is 406 g/mol. The Morgan fingerprint density at radius 1 is 1.17 bits per heavy atom.